The maximum atomic E-state index is 11.0. The van der Waals surface area contributed by atoms with Crippen molar-refractivity contribution in [1.29, 1.82) is 0 Å². The quantitative estimate of drug-likeness (QED) is 0.834. The average Bonchev–Trinajstić information content (AvgIpc) is 2.81. The van der Waals surface area contributed by atoms with Gasteiger partial charge < -0.3 is 9.84 Å². The highest BCUT2D eigenvalue weighted by Crippen LogP contribution is 2.28. The fourth-order valence-corrected chi connectivity index (χ4v) is 3.24. The van der Waals surface area contributed by atoms with Crippen molar-refractivity contribution in [3.63, 3.8) is 0 Å². The number of carbonyl (C=O) groups is 2. The summed E-state index contributed by atoms with van der Waals surface area (Å²) in [7, 11) is 1.40. The molecule has 6 heteroatoms. The van der Waals surface area contributed by atoms with Crippen LogP contribution in [-0.2, 0) is 22.5 Å². The molecule has 0 aliphatic carbocycles. The number of nitrogens with zero attached hydrogens (tertiary/aromatic N) is 1. The molecule has 5 nitrogen and oxygen atoms in total. The van der Waals surface area contributed by atoms with Gasteiger partial charge in [-0.15, -0.1) is 11.3 Å². The zero-order valence-corrected chi connectivity index (χ0v) is 11.7. The number of ether oxygens (including phenoxy) is 1. The van der Waals surface area contributed by atoms with Crippen LogP contribution in [0.1, 0.15) is 33.0 Å². The van der Waals surface area contributed by atoms with E-state index >= 15 is 0 Å². The van der Waals surface area contributed by atoms with Gasteiger partial charge in [-0.1, -0.05) is 0 Å². The molecule has 1 aromatic rings. The van der Waals surface area contributed by atoms with E-state index in [4.69, 9.17) is 5.11 Å². The fourth-order valence-electron chi connectivity index (χ4n) is 2.24. The minimum atomic E-state index is -0.850. The van der Waals surface area contributed by atoms with Gasteiger partial charge in [0.15, 0.2) is 0 Å². The Morgan fingerprint density at radius 3 is 3.00 bits per heavy atom. The summed E-state index contributed by atoms with van der Waals surface area (Å²) < 4.78 is 4.60. The van der Waals surface area contributed by atoms with E-state index in [1.807, 2.05) is 0 Å². The number of fused-ring (bicyclic) bond motifs is 1. The third kappa shape index (κ3) is 3.54. The smallest absolute Gasteiger partial charge is 0.345 e. The number of aromatic carboxylic acids is 1. The van der Waals surface area contributed by atoms with E-state index in [1.165, 1.54) is 23.3 Å². The predicted molar refractivity (Wildman–Crippen MR) is 71.5 cm³/mol. The van der Waals surface area contributed by atoms with Gasteiger partial charge >= 0.3 is 11.9 Å². The SMILES string of the molecule is COC(=O)CCCN1CCc2sc(C(=O)O)cc2C1. The van der Waals surface area contributed by atoms with Crippen molar-refractivity contribution in [1.82, 2.24) is 4.90 Å². The average molecular weight is 283 g/mol. The Bertz CT molecular complexity index is 483. The van der Waals surface area contributed by atoms with Crippen molar-refractivity contribution >= 4 is 23.3 Å². The lowest BCUT2D eigenvalue weighted by molar-refractivity contribution is -0.140. The second-order valence-corrected chi connectivity index (χ2v) is 5.71. The van der Waals surface area contributed by atoms with Crippen LogP contribution < -0.4 is 0 Å². The Morgan fingerprint density at radius 2 is 2.32 bits per heavy atom. The summed E-state index contributed by atoms with van der Waals surface area (Å²) in [6.45, 7) is 2.54. The van der Waals surface area contributed by atoms with Gasteiger partial charge in [0.25, 0.3) is 0 Å². The first-order valence-corrected chi connectivity index (χ1v) is 7.06. The van der Waals surface area contributed by atoms with Gasteiger partial charge in [0, 0.05) is 24.4 Å². The number of esters is 1. The minimum Gasteiger partial charge on any atom is -0.477 e. The molecule has 0 unspecified atom stereocenters. The summed E-state index contributed by atoms with van der Waals surface area (Å²) in [5, 5.41) is 8.98. The van der Waals surface area contributed by atoms with Crippen molar-refractivity contribution in [2.45, 2.75) is 25.8 Å². The second kappa shape index (κ2) is 6.16. The summed E-state index contributed by atoms with van der Waals surface area (Å²) in [4.78, 5) is 25.8. The topological polar surface area (TPSA) is 66.8 Å². The number of rotatable bonds is 5. The molecular formula is C13H17NO4S. The number of methoxy groups -OCH3 is 1. The van der Waals surface area contributed by atoms with E-state index in [9.17, 15) is 9.59 Å². The van der Waals surface area contributed by atoms with Crippen molar-refractivity contribution in [2.24, 2.45) is 0 Å². The summed E-state index contributed by atoms with van der Waals surface area (Å²) >= 11 is 1.38. The Hall–Kier alpha value is -1.40. The first-order valence-electron chi connectivity index (χ1n) is 6.24. The van der Waals surface area contributed by atoms with Gasteiger partial charge in [0.05, 0.1) is 7.11 Å². The zero-order chi connectivity index (χ0) is 13.8. The first-order chi connectivity index (χ1) is 9.10. The molecule has 0 saturated heterocycles. The van der Waals surface area contributed by atoms with Crippen molar-refractivity contribution in [3.8, 4) is 0 Å². The van der Waals surface area contributed by atoms with E-state index in [0.29, 0.717) is 11.3 Å². The van der Waals surface area contributed by atoms with Crippen LogP contribution in [0, 0.1) is 0 Å². The van der Waals surface area contributed by atoms with Gasteiger partial charge in [0.1, 0.15) is 4.88 Å². The molecule has 0 spiro atoms. The van der Waals surface area contributed by atoms with Crippen molar-refractivity contribution in [2.75, 3.05) is 20.2 Å². The molecule has 0 bridgehead atoms. The molecule has 0 aromatic carbocycles. The fraction of sp³-hybridized carbons (Fsp3) is 0.538. The summed E-state index contributed by atoms with van der Waals surface area (Å²) in [5.41, 5.74) is 1.12. The molecule has 19 heavy (non-hydrogen) atoms. The van der Waals surface area contributed by atoms with Crippen LogP contribution in [0.15, 0.2) is 6.07 Å². The number of hydrogen-bond acceptors (Lipinski definition) is 5. The van der Waals surface area contributed by atoms with Gasteiger partial charge in [-0.05, 0) is 31.0 Å². The highest BCUT2D eigenvalue weighted by atomic mass is 32.1. The van der Waals surface area contributed by atoms with Crippen molar-refractivity contribution in [3.05, 3.63) is 21.4 Å². The number of carboxylic acid groups (broad SMARTS) is 1. The predicted octanol–water partition coefficient (Wildman–Crippen LogP) is 1.76. The molecule has 0 atom stereocenters. The molecule has 0 fully saturated rings. The molecule has 2 rings (SSSR count). The largest absolute Gasteiger partial charge is 0.477 e. The molecule has 1 aliphatic heterocycles. The molecule has 2 heterocycles. The van der Waals surface area contributed by atoms with Crippen LogP contribution in [0.25, 0.3) is 0 Å². The number of carboxylic acids is 1. The normalized spacial score (nSPS) is 15.0. The van der Waals surface area contributed by atoms with Crippen LogP contribution in [0.3, 0.4) is 0 Å². The van der Waals surface area contributed by atoms with Crippen LogP contribution in [0.5, 0.6) is 0 Å². The van der Waals surface area contributed by atoms with Gasteiger partial charge in [0.2, 0.25) is 0 Å². The number of hydrogen-bond donors (Lipinski definition) is 1. The van der Waals surface area contributed by atoms with Gasteiger partial charge in [-0.2, -0.15) is 0 Å². The lowest BCUT2D eigenvalue weighted by Crippen LogP contribution is -2.30. The second-order valence-electron chi connectivity index (χ2n) is 4.57. The molecule has 0 saturated carbocycles. The molecular weight excluding hydrogens is 266 g/mol. The summed E-state index contributed by atoms with van der Waals surface area (Å²) in [6, 6.07) is 1.77. The number of thiophene rings is 1. The molecule has 1 N–H and O–H groups in total. The zero-order valence-electron chi connectivity index (χ0n) is 10.8. The molecule has 1 aliphatic rings. The lowest BCUT2D eigenvalue weighted by Gasteiger charge is -2.26. The Balaban J connectivity index is 1.87. The van der Waals surface area contributed by atoms with Gasteiger partial charge in [-0.25, -0.2) is 4.79 Å². The van der Waals surface area contributed by atoms with Crippen LogP contribution in [-0.4, -0.2) is 42.1 Å². The molecule has 0 radical (unpaired) electrons. The van der Waals surface area contributed by atoms with Crippen LogP contribution >= 0.6 is 11.3 Å². The maximum absolute atomic E-state index is 11.0. The Kier molecular flexibility index (Phi) is 4.55. The third-order valence-electron chi connectivity index (χ3n) is 3.24. The van der Waals surface area contributed by atoms with Crippen LogP contribution in [0.2, 0.25) is 0 Å². The number of carbonyl (C=O) groups excluding carboxylic acids is 1. The summed E-state index contributed by atoms with van der Waals surface area (Å²) in [6.07, 6.45) is 2.10. The highest BCUT2D eigenvalue weighted by Gasteiger charge is 2.20. The maximum Gasteiger partial charge on any atom is 0.345 e. The molecule has 104 valence electrons. The highest BCUT2D eigenvalue weighted by molar-refractivity contribution is 7.14. The van der Waals surface area contributed by atoms with E-state index in [2.05, 4.69) is 9.64 Å². The monoisotopic (exact) mass is 283 g/mol. The minimum absolute atomic E-state index is 0.179. The molecule has 1 aromatic heterocycles. The Morgan fingerprint density at radius 1 is 1.53 bits per heavy atom. The van der Waals surface area contributed by atoms with E-state index in [-0.39, 0.29) is 5.97 Å². The summed E-state index contributed by atoms with van der Waals surface area (Å²) in [5.74, 6) is -1.03. The lowest BCUT2D eigenvalue weighted by atomic mass is 10.1. The van der Waals surface area contributed by atoms with E-state index in [1.54, 1.807) is 6.07 Å². The van der Waals surface area contributed by atoms with Crippen molar-refractivity contribution < 1.29 is 19.4 Å². The first kappa shape index (κ1) is 14.0. The van der Waals surface area contributed by atoms with Crippen LogP contribution in [0.4, 0.5) is 0 Å². The molecule has 0 amide bonds. The van der Waals surface area contributed by atoms with E-state index in [0.717, 1.165) is 38.0 Å². The standard InChI is InChI=1S/C13H17NO4S/c1-18-12(15)3-2-5-14-6-4-10-9(8-14)7-11(19-10)13(16)17/h7H,2-6,8H2,1H3,(H,16,17). The third-order valence-corrected chi connectivity index (χ3v) is 4.46. The Labute approximate surface area is 115 Å². The van der Waals surface area contributed by atoms with E-state index < -0.39 is 5.97 Å². The van der Waals surface area contributed by atoms with Gasteiger partial charge in [-0.3, -0.25) is 9.69 Å².